The maximum Gasteiger partial charge on any atom is 0.233 e. The molecule has 1 aromatic rings. The van der Waals surface area contributed by atoms with Gasteiger partial charge in [-0.25, -0.2) is 0 Å². The van der Waals surface area contributed by atoms with E-state index < -0.39 is 0 Å². The predicted molar refractivity (Wildman–Crippen MR) is 74.8 cm³/mol. The lowest BCUT2D eigenvalue weighted by atomic mass is 9.86. The summed E-state index contributed by atoms with van der Waals surface area (Å²) in [6.07, 6.45) is 4.86. The monoisotopic (exact) mass is 285 g/mol. The summed E-state index contributed by atoms with van der Waals surface area (Å²) in [7, 11) is 0. The molecule has 1 aliphatic carbocycles. The van der Waals surface area contributed by atoms with Crippen LogP contribution in [0.3, 0.4) is 0 Å². The van der Waals surface area contributed by atoms with Gasteiger partial charge in [-0.1, -0.05) is 42.9 Å². The van der Waals surface area contributed by atoms with Gasteiger partial charge in [0.2, 0.25) is 5.91 Å². The van der Waals surface area contributed by atoms with Gasteiger partial charge in [0, 0.05) is 6.04 Å². The number of thioether (sulfide) groups is 1. The molecule has 0 saturated heterocycles. The molecule has 0 bridgehead atoms. The zero-order chi connectivity index (χ0) is 13.0. The van der Waals surface area contributed by atoms with Crippen LogP contribution in [0.5, 0.6) is 0 Å². The van der Waals surface area contributed by atoms with Crippen molar-refractivity contribution < 1.29 is 4.79 Å². The van der Waals surface area contributed by atoms with Gasteiger partial charge in [-0.2, -0.15) is 0 Å². The number of carbonyl (C=O) groups excluding carboxylic acids is 1. The SMILES string of the molecule is C[C@H](Sc1nncs1)C(=O)N[C@H]1CCCC[C@@H]1C. The van der Waals surface area contributed by atoms with Crippen LogP contribution in [0, 0.1) is 5.92 Å². The van der Waals surface area contributed by atoms with E-state index in [9.17, 15) is 4.79 Å². The second-order valence-electron chi connectivity index (χ2n) is 4.84. The standard InChI is InChI=1S/C12H19N3OS2/c1-8-5-3-4-6-10(8)14-11(16)9(2)18-12-15-13-7-17-12/h7-10H,3-6H2,1-2H3,(H,14,16)/t8-,9-,10-/m0/s1. The second kappa shape index (κ2) is 6.52. The molecule has 0 unspecified atom stereocenters. The molecule has 1 saturated carbocycles. The van der Waals surface area contributed by atoms with Crippen LogP contribution in [0.25, 0.3) is 0 Å². The van der Waals surface area contributed by atoms with E-state index in [2.05, 4.69) is 22.4 Å². The minimum Gasteiger partial charge on any atom is -0.352 e. The van der Waals surface area contributed by atoms with Gasteiger partial charge in [0.05, 0.1) is 5.25 Å². The number of nitrogens with one attached hydrogen (secondary N) is 1. The van der Waals surface area contributed by atoms with E-state index in [1.54, 1.807) is 5.51 Å². The average molecular weight is 285 g/mol. The summed E-state index contributed by atoms with van der Waals surface area (Å²) in [5.41, 5.74) is 1.69. The normalized spacial score (nSPS) is 25.7. The predicted octanol–water partition coefficient (Wildman–Crippen LogP) is 2.71. The Morgan fingerprint density at radius 3 is 3.00 bits per heavy atom. The van der Waals surface area contributed by atoms with Gasteiger partial charge >= 0.3 is 0 Å². The molecule has 1 heterocycles. The van der Waals surface area contributed by atoms with Crippen molar-refractivity contribution in [2.24, 2.45) is 5.92 Å². The Hall–Kier alpha value is -0.620. The highest BCUT2D eigenvalue weighted by molar-refractivity contribution is 8.02. The molecule has 1 fully saturated rings. The summed E-state index contributed by atoms with van der Waals surface area (Å²) in [4.78, 5) is 12.1. The Morgan fingerprint density at radius 2 is 2.33 bits per heavy atom. The van der Waals surface area contributed by atoms with Crippen LogP contribution in [0.2, 0.25) is 0 Å². The van der Waals surface area contributed by atoms with Gasteiger partial charge in [-0.3, -0.25) is 4.79 Å². The first-order valence-electron chi connectivity index (χ1n) is 6.40. The molecule has 0 aromatic carbocycles. The summed E-state index contributed by atoms with van der Waals surface area (Å²) >= 11 is 2.96. The molecule has 18 heavy (non-hydrogen) atoms. The summed E-state index contributed by atoms with van der Waals surface area (Å²) < 4.78 is 0.856. The number of hydrogen-bond donors (Lipinski definition) is 1. The van der Waals surface area contributed by atoms with Crippen molar-refractivity contribution in [2.45, 2.75) is 55.2 Å². The van der Waals surface area contributed by atoms with E-state index in [4.69, 9.17) is 0 Å². The molecule has 1 aromatic heterocycles. The second-order valence-corrected chi connectivity index (χ2v) is 7.26. The molecular formula is C12H19N3OS2. The number of aromatic nitrogens is 2. The van der Waals surface area contributed by atoms with Gasteiger partial charge in [0.25, 0.3) is 0 Å². The number of nitrogens with zero attached hydrogens (tertiary/aromatic N) is 2. The van der Waals surface area contributed by atoms with Gasteiger partial charge < -0.3 is 5.32 Å². The fourth-order valence-corrected chi connectivity index (χ4v) is 3.88. The number of hydrogen-bond acceptors (Lipinski definition) is 5. The van der Waals surface area contributed by atoms with Crippen molar-refractivity contribution in [3.05, 3.63) is 5.51 Å². The highest BCUT2D eigenvalue weighted by Crippen LogP contribution is 2.26. The zero-order valence-electron chi connectivity index (χ0n) is 10.8. The fraction of sp³-hybridized carbons (Fsp3) is 0.750. The Morgan fingerprint density at radius 1 is 1.56 bits per heavy atom. The van der Waals surface area contributed by atoms with Gasteiger partial charge in [-0.15, -0.1) is 10.2 Å². The molecule has 1 amide bonds. The number of amides is 1. The van der Waals surface area contributed by atoms with Crippen LogP contribution in [-0.2, 0) is 4.79 Å². The number of rotatable bonds is 4. The van der Waals surface area contributed by atoms with E-state index in [0.29, 0.717) is 12.0 Å². The molecule has 0 spiro atoms. The minimum atomic E-state index is -0.105. The topological polar surface area (TPSA) is 54.9 Å². The maximum absolute atomic E-state index is 12.1. The third kappa shape index (κ3) is 3.68. The summed E-state index contributed by atoms with van der Waals surface area (Å²) in [5.74, 6) is 0.718. The van der Waals surface area contributed by atoms with E-state index in [0.717, 1.165) is 10.8 Å². The lowest BCUT2D eigenvalue weighted by molar-refractivity contribution is -0.121. The molecule has 4 nitrogen and oxygen atoms in total. The summed E-state index contributed by atoms with van der Waals surface area (Å²) in [6, 6.07) is 0.351. The van der Waals surface area contributed by atoms with E-state index in [-0.39, 0.29) is 11.2 Å². The molecule has 1 N–H and O–H groups in total. The molecule has 6 heteroatoms. The fourth-order valence-electron chi connectivity index (χ4n) is 2.25. The van der Waals surface area contributed by atoms with Crippen molar-refractivity contribution >= 4 is 29.0 Å². The van der Waals surface area contributed by atoms with Gasteiger partial charge in [-0.05, 0) is 25.7 Å². The van der Waals surface area contributed by atoms with E-state index >= 15 is 0 Å². The first kappa shape index (κ1) is 13.8. The first-order valence-corrected chi connectivity index (χ1v) is 8.16. The third-order valence-electron chi connectivity index (χ3n) is 3.43. The number of carbonyl (C=O) groups is 1. The minimum absolute atomic E-state index is 0.105. The van der Waals surface area contributed by atoms with Crippen molar-refractivity contribution in [3.8, 4) is 0 Å². The molecule has 0 radical (unpaired) electrons. The first-order chi connectivity index (χ1) is 8.66. The third-order valence-corrected chi connectivity index (χ3v) is 5.34. The van der Waals surface area contributed by atoms with Gasteiger partial charge in [0.1, 0.15) is 5.51 Å². The highest BCUT2D eigenvalue weighted by atomic mass is 32.2. The van der Waals surface area contributed by atoms with Crippen molar-refractivity contribution in [1.82, 2.24) is 15.5 Å². The molecule has 1 aliphatic rings. The Kier molecular flexibility index (Phi) is 5.00. The van der Waals surface area contributed by atoms with Crippen molar-refractivity contribution in [2.75, 3.05) is 0 Å². The van der Waals surface area contributed by atoms with Crippen molar-refractivity contribution in [3.63, 3.8) is 0 Å². The largest absolute Gasteiger partial charge is 0.352 e. The highest BCUT2D eigenvalue weighted by Gasteiger charge is 2.25. The molecule has 0 aliphatic heterocycles. The lowest BCUT2D eigenvalue weighted by Crippen LogP contribution is -2.44. The molecular weight excluding hydrogens is 266 g/mol. The van der Waals surface area contributed by atoms with Crippen LogP contribution in [0.1, 0.15) is 39.5 Å². The average Bonchev–Trinajstić information content (AvgIpc) is 2.84. The Balaban J connectivity index is 1.83. The van der Waals surface area contributed by atoms with E-state index in [1.807, 2.05) is 6.92 Å². The molecule has 2 rings (SSSR count). The van der Waals surface area contributed by atoms with Crippen LogP contribution in [0.4, 0.5) is 0 Å². The molecule has 100 valence electrons. The summed E-state index contributed by atoms with van der Waals surface area (Å²) in [6.45, 7) is 4.15. The summed E-state index contributed by atoms with van der Waals surface area (Å²) in [5, 5.41) is 10.8. The Labute approximate surface area is 116 Å². The quantitative estimate of drug-likeness (QED) is 0.864. The zero-order valence-corrected chi connectivity index (χ0v) is 12.4. The van der Waals surface area contributed by atoms with E-state index in [1.165, 1.54) is 42.4 Å². The van der Waals surface area contributed by atoms with Crippen LogP contribution in [-0.4, -0.2) is 27.4 Å². The van der Waals surface area contributed by atoms with Gasteiger partial charge in [0.15, 0.2) is 4.34 Å². The van der Waals surface area contributed by atoms with Crippen LogP contribution in [0.15, 0.2) is 9.85 Å². The lowest BCUT2D eigenvalue weighted by Gasteiger charge is -2.30. The Bertz CT molecular complexity index is 383. The molecule has 3 atom stereocenters. The van der Waals surface area contributed by atoms with Crippen LogP contribution < -0.4 is 5.32 Å². The van der Waals surface area contributed by atoms with Crippen molar-refractivity contribution in [1.29, 1.82) is 0 Å². The smallest absolute Gasteiger partial charge is 0.233 e. The maximum atomic E-state index is 12.1. The van der Waals surface area contributed by atoms with Crippen LogP contribution >= 0.6 is 23.1 Å².